The van der Waals surface area contributed by atoms with E-state index in [1.807, 2.05) is 0 Å². The highest BCUT2D eigenvalue weighted by Gasteiger charge is 2.16. The molecule has 0 aliphatic rings. The Balaban J connectivity index is 2.35. The molecular weight excluding hydrogens is 293 g/mol. The Kier molecular flexibility index (Phi) is 3.68. The molecule has 8 heteroatoms. The summed E-state index contributed by atoms with van der Waals surface area (Å²) in [6.45, 7) is 1.54. The second-order valence-corrected chi connectivity index (χ2v) is 5.81. The lowest BCUT2D eigenvalue weighted by Crippen LogP contribution is -2.14. The Hall–Kier alpha value is -1.73. The number of nitrogens with one attached hydrogen (secondary N) is 1. The van der Waals surface area contributed by atoms with Crippen LogP contribution in [0.2, 0.25) is 5.15 Å². The third-order valence-corrected chi connectivity index (χ3v) is 3.83. The molecule has 1 aromatic heterocycles. The molecule has 0 radical (unpaired) electrons. The zero-order valence-corrected chi connectivity index (χ0v) is 11.3. The van der Waals surface area contributed by atoms with Crippen molar-refractivity contribution in [1.29, 1.82) is 0 Å². The number of nitrogens with zero attached hydrogens (tertiary/aromatic N) is 2. The van der Waals surface area contributed by atoms with Crippen molar-refractivity contribution in [3.05, 3.63) is 47.1 Å². The van der Waals surface area contributed by atoms with E-state index in [2.05, 4.69) is 14.7 Å². The molecule has 19 heavy (non-hydrogen) atoms. The lowest BCUT2D eigenvalue weighted by molar-refractivity contribution is 0.593. The first-order valence-corrected chi connectivity index (χ1v) is 7.01. The van der Waals surface area contributed by atoms with Crippen LogP contribution in [0.5, 0.6) is 0 Å². The first-order chi connectivity index (χ1) is 8.88. The minimum absolute atomic E-state index is 0.0338. The van der Waals surface area contributed by atoms with Gasteiger partial charge in [-0.3, -0.25) is 9.71 Å². The SMILES string of the molecule is Cc1ccc(S(=O)(=O)Nc2cncc(Cl)n2)cc1F. The second kappa shape index (κ2) is 5.10. The summed E-state index contributed by atoms with van der Waals surface area (Å²) in [5.41, 5.74) is 0.362. The third-order valence-electron chi connectivity index (χ3n) is 2.30. The van der Waals surface area contributed by atoms with Crippen molar-refractivity contribution in [3.8, 4) is 0 Å². The summed E-state index contributed by atoms with van der Waals surface area (Å²) in [6.07, 6.45) is 2.47. The monoisotopic (exact) mass is 301 g/mol. The van der Waals surface area contributed by atoms with Crippen LogP contribution in [0.1, 0.15) is 5.56 Å². The molecule has 0 atom stereocenters. The van der Waals surface area contributed by atoms with Gasteiger partial charge in [0.05, 0.1) is 17.3 Å². The van der Waals surface area contributed by atoms with E-state index in [-0.39, 0.29) is 15.9 Å². The van der Waals surface area contributed by atoms with Crippen LogP contribution in [0.3, 0.4) is 0 Å². The predicted molar refractivity (Wildman–Crippen MR) is 69.0 cm³/mol. The molecule has 2 aromatic rings. The summed E-state index contributed by atoms with van der Waals surface area (Å²) in [7, 11) is -3.92. The van der Waals surface area contributed by atoms with Crippen LogP contribution in [0.4, 0.5) is 10.2 Å². The molecule has 0 aliphatic carbocycles. The van der Waals surface area contributed by atoms with Crippen LogP contribution in [-0.4, -0.2) is 18.4 Å². The number of hydrogen-bond donors (Lipinski definition) is 1. The molecule has 100 valence electrons. The number of anilines is 1. The summed E-state index contributed by atoms with van der Waals surface area (Å²) < 4.78 is 39.5. The number of rotatable bonds is 3. The molecule has 0 saturated carbocycles. The zero-order valence-electron chi connectivity index (χ0n) is 9.76. The molecule has 0 amide bonds. The summed E-state index contributed by atoms with van der Waals surface area (Å²) in [6, 6.07) is 3.63. The normalized spacial score (nSPS) is 11.3. The molecule has 0 saturated heterocycles. The first kappa shape index (κ1) is 13.7. The largest absolute Gasteiger partial charge is 0.263 e. The number of aryl methyl sites for hydroxylation is 1. The van der Waals surface area contributed by atoms with Gasteiger partial charge in [0, 0.05) is 0 Å². The van der Waals surface area contributed by atoms with Gasteiger partial charge >= 0.3 is 0 Å². The Morgan fingerprint density at radius 3 is 2.68 bits per heavy atom. The van der Waals surface area contributed by atoms with E-state index in [1.165, 1.54) is 24.5 Å². The minimum Gasteiger partial charge on any atom is -0.262 e. The van der Waals surface area contributed by atoms with Crippen LogP contribution in [0.15, 0.2) is 35.5 Å². The van der Waals surface area contributed by atoms with Gasteiger partial charge in [-0.15, -0.1) is 0 Å². The summed E-state index contributed by atoms with van der Waals surface area (Å²) in [5.74, 6) is -0.631. The molecule has 0 unspecified atom stereocenters. The minimum atomic E-state index is -3.92. The summed E-state index contributed by atoms with van der Waals surface area (Å²) in [5, 5.41) is 0.0512. The van der Waals surface area contributed by atoms with Gasteiger partial charge in [-0.2, -0.15) is 0 Å². The fraction of sp³-hybridized carbons (Fsp3) is 0.0909. The fourth-order valence-corrected chi connectivity index (χ4v) is 2.47. The molecule has 1 N–H and O–H groups in total. The summed E-state index contributed by atoms with van der Waals surface area (Å²) in [4.78, 5) is 7.24. The highest BCUT2D eigenvalue weighted by Crippen LogP contribution is 2.17. The van der Waals surface area contributed by atoms with Gasteiger partial charge in [0.1, 0.15) is 11.0 Å². The van der Waals surface area contributed by atoms with Gasteiger partial charge in [-0.05, 0) is 24.6 Å². The van der Waals surface area contributed by atoms with E-state index < -0.39 is 15.8 Å². The maximum absolute atomic E-state index is 13.4. The van der Waals surface area contributed by atoms with Gasteiger partial charge in [0.25, 0.3) is 10.0 Å². The van der Waals surface area contributed by atoms with Crippen LogP contribution in [0.25, 0.3) is 0 Å². The van der Waals surface area contributed by atoms with Crippen molar-refractivity contribution in [2.75, 3.05) is 4.72 Å². The number of halogens is 2. The Labute approximate surface area is 114 Å². The van der Waals surface area contributed by atoms with E-state index in [0.717, 1.165) is 6.07 Å². The lowest BCUT2D eigenvalue weighted by atomic mass is 10.2. The van der Waals surface area contributed by atoms with Crippen molar-refractivity contribution in [3.63, 3.8) is 0 Å². The second-order valence-electron chi connectivity index (χ2n) is 3.74. The molecule has 2 rings (SSSR count). The lowest BCUT2D eigenvalue weighted by Gasteiger charge is -2.07. The topological polar surface area (TPSA) is 72.0 Å². The predicted octanol–water partition coefficient (Wildman–Crippen LogP) is 2.38. The van der Waals surface area contributed by atoms with Crippen molar-refractivity contribution < 1.29 is 12.8 Å². The van der Waals surface area contributed by atoms with Gasteiger partial charge in [-0.1, -0.05) is 17.7 Å². The first-order valence-electron chi connectivity index (χ1n) is 5.15. The van der Waals surface area contributed by atoms with Crippen LogP contribution < -0.4 is 4.72 Å². The van der Waals surface area contributed by atoms with E-state index in [4.69, 9.17) is 11.6 Å². The number of benzene rings is 1. The number of hydrogen-bond acceptors (Lipinski definition) is 4. The average molecular weight is 302 g/mol. The van der Waals surface area contributed by atoms with Crippen molar-refractivity contribution in [2.45, 2.75) is 11.8 Å². The standard InChI is InChI=1S/C11H9ClFN3O2S/c1-7-2-3-8(4-9(7)13)19(17,18)16-11-6-14-5-10(12)15-11/h2-6H,1H3,(H,15,16). The van der Waals surface area contributed by atoms with Crippen LogP contribution in [0, 0.1) is 12.7 Å². The van der Waals surface area contributed by atoms with E-state index in [1.54, 1.807) is 6.92 Å². The Morgan fingerprint density at radius 1 is 1.32 bits per heavy atom. The Morgan fingerprint density at radius 2 is 2.05 bits per heavy atom. The van der Waals surface area contributed by atoms with Crippen LogP contribution >= 0.6 is 11.6 Å². The molecule has 1 heterocycles. The quantitative estimate of drug-likeness (QED) is 0.945. The average Bonchev–Trinajstić information content (AvgIpc) is 2.32. The Bertz CT molecular complexity index is 722. The molecule has 1 aromatic carbocycles. The molecule has 5 nitrogen and oxygen atoms in total. The fourth-order valence-electron chi connectivity index (χ4n) is 1.33. The maximum Gasteiger partial charge on any atom is 0.263 e. The third kappa shape index (κ3) is 3.18. The molecule has 0 bridgehead atoms. The smallest absolute Gasteiger partial charge is 0.262 e. The highest BCUT2D eigenvalue weighted by atomic mass is 35.5. The number of sulfonamides is 1. The van der Waals surface area contributed by atoms with E-state index in [0.29, 0.717) is 5.56 Å². The zero-order chi connectivity index (χ0) is 14.0. The van der Waals surface area contributed by atoms with Crippen molar-refractivity contribution in [1.82, 2.24) is 9.97 Å². The van der Waals surface area contributed by atoms with Gasteiger partial charge < -0.3 is 0 Å². The van der Waals surface area contributed by atoms with Gasteiger partial charge in [0.15, 0.2) is 5.82 Å². The molecular formula is C11H9ClFN3O2S. The van der Waals surface area contributed by atoms with Crippen molar-refractivity contribution >= 4 is 27.4 Å². The van der Waals surface area contributed by atoms with Crippen LogP contribution in [-0.2, 0) is 10.0 Å². The van der Waals surface area contributed by atoms with Crippen molar-refractivity contribution in [2.24, 2.45) is 0 Å². The molecule has 0 fully saturated rings. The van der Waals surface area contributed by atoms with E-state index >= 15 is 0 Å². The molecule has 0 aliphatic heterocycles. The highest BCUT2D eigenvalue weighted by molar-refractivity contribution is 7.92. The maximum atomic E-state index is 13.4. The van der Waals surface area contributed by atoms with E-state index in [9.17, 15) is 12.8 Å². The van der Waals surface area contributed by atoms with Gasteiger partial charge in [0.2, 0.25) is 0 Å². The molecule has 0 spiro atoms. The van der Waals surface area contributed by atoms with Gasteiger partial charge in [-0.25, -0.2) is 17.8 Å². The number of aromatic nitrogens is 2. The summed E-state index contributed by atoms with van der Waals surface area (Å²) >= 11 is 5.60.